The van der Waals surface area contributed by atoms with E-state index in [0.29, 0.717) is 15.7 Å². The van der Waals surface area contributed by atoms with Crippen molar-refractivity contribution in [1.29, 1.82) is 5.26 Å². The van der Waals surface area contributed by atoms with E-state index < -0.39 is 0 Å². The number of thiocarbonyl (C=S) groups is 1. The van der Waals surface area contributed by atoms with Gasteiger partial charge in [0, 0.05) is 27.2 Å². The standard InChI is InChI=1S/C26H20N4OS3/c27-15-22-23(18-8-3-1-4-9-18)16-34-25(22)30-24(31)17-33-21-13-7-12-20(14-21)29-26(32)28-19-10-5-2-6-11-19/h1-14,16H,17H2,(H,30,31)(H2,28,29,32). The van der Waals surface area contributed by atoms with E-state index in [-0.39, 0.29) is 11.7 Å². The maximum absolute atomic E-state index is 12.6. The number of nitrogens with zero attached hydrogens (tertiary/aromatic N) is 1. The van der Waals surface area contributed by atoms with Crippen molar-refractivity contribution >= 4 is 62.7 Å². The summed E-state index contributed by atoms with van der Waals surface area (Å²) in [7, 11) is 0. The van der Waals surface area contributed by atoms with Crippen LogP contribution in [0.5, 0.6) is 0 Å². The van der Waals surface area contributed by atoms with Gasteiger partial charge < -0.3 is 16.0 Å². The quantitative estimate of drug-likeness (QED) is 0.191. The first kappa shape index (κ1) is 23.5. The number of carbonyl (C=O) groups excluding carboxylic acids is 1. The Balaban J connectivity index is 1.34. The van der Waals surface area contributed by atoms with Crippen molar-refractivity contribution in [3.05, 3.63) is 95.9 Å². The summed E-state index contributed by atoms with van der Waals surface area (Å²) in [5.74, 6) is 0.0576. The topological polar surface area (TPSA) is 77.0 Å². The fraction of sp³-hybridized carbons (Fsp3) is 0.0385. The summed E-state index contributed by atoms with van der Waals surface area (Å²) in [6.45, 7) is 0. The van der Waals surface area contributed by atoms with Crippen molar-refractivity contribution in [2.24, 2.45) is 0 Å². The molecule has 0 atom stereocenters. The first-order chi connectivity index (χ1) is 16.6. The molecule has 0 saturated carbocycles. The molecule has 0 spiro atoms. The lowest BCUT2D eigenvalue weighted by atomic mass is 10.1. The number of amides is 1. The molecule has 34 heavy (non-hydrogen) atoms. The predicted octanol–water partition coefficient (Wildman–Crippen LogP) is 6.83. The van der Waals surface area contributed by atoms with Gasteiger partial charge in [0.15, 0.2) is 5.11 Å². The molecule has 4 aromatic rings. The molecule has 3 aromatic carbocycles. The first-order valence-corrected chi connectivity index (χ1v) is 12.6. The van der Waals surface area contributed by atoms with Crippen LogP contribution in [0.3, 0.4) is 0 Å². The molecule has 0 aliphatic rings. The Bertz CT molecular complexity index is 1330. The second-order valence-electron chi connectivity index (χ2n) is 7.14. The Hall–Kier alpha value is -3.64. The Kier molecular flexibility index (Phi) is 7.94. The lowest BCUT2D eigenvalue weighted by Gasteiger charge is -2.11. The highest BCUT2D eigenvalue weighted by atomic mass is 32.2. The molecule has 8 heteroatoms. The number of carbonyl (C=O) groups is 1. The maximum Gasteiger partial charge on any atom is 0.235 e. The summed E-state index contributed by atoms with van der Waals surface area (Å²) in [6, 6.07) is 29.3. The van der Waals surface area contributed by atoms with Gasteiger partial charge in [0.2, 0.25) is 5.91 Å². The Morgan fingerprint density at radius 1 is 0.912 bits per heavy atom. The number of anilines is 3. The van der Waals surface area contributed by atoms with Gasteiger partial charge in [-0.05, 0) is 48.1 Å². The van der Waals surface area contributed by atoms with Gasteiger partial charge >= 0.3 is 0 Å². The minimum absolute atomic E-state index is 0.164. The fourth-order valence-corrected chi connectivity index (χ4v) is 5.11. The lowest BCUT2D eigenvalue weighted by molar-refractivity contribution is -0.113. The third-order valence-corrected chi connectivity index (χ3v) is 6.83. The van der Waals surface area contributed by atoms with Crippen LogP contribution >= 0.6 is 35.3 Å². The second kappa shape index (κ2) is 11.5. The van der Waals surface area contributed by atoms with Crippen LogP contribution in [-0.4, -0.2) is 16.8 Å². The van der Waals surface area contributed by atoms with E-state index in [1.54, 1.807) is 0 Å². The molecule has 168 valence electrons. The first-order valence-electron chi connectivity index (χ1n) is 10.3. The third-order valence-electron chi connectivity index (χ3n) is 4.73. The number of hydrogen-bond acceptors (Lipinski definition) is 5. The van der Waals surface area contributed by atoms with E-state index in [4.69, 9.17) is 12.2 Å². The SMILES string of the molecule is N#Cc1c(-c2ccccc2)csc1NC(=O)CSc1cccc(NC(=S)Nc2ccccc2)c1. The van der Waals surface area contributed by atoms with E-state index in [9.17, 15) is 10.1 Å². The highest BCUT2D eigenvalue weighted by molar-refractivity contribution is 8.00. The van der Waals surface area contributed by atoms with Crippen LogP contribution in [0.1, 0.15) is 5.56 Å². The minimum Gasteiger partial charge on any atom is -0.332 e. The highest BCUT2D eigenvalue weighted by Crippen LogP contribution is 2.35. The molecule has 0 aliphatic carbocycles. The zero-order valence-corrected chi connectivity index (χ0v) is 20.4. The van der Waals surface area contributed by atoms with E-state index >= 15 is 0 Å². The van der Waals surface area contributed by atoms with Gasteiger partial charge in [0.1, 0.15) is 11.1 Å². The van der Waals surface area contributed by atoms with Crippen LogP contribution in [0.15, 0.2) is 95.2 Å². The van der Waals surface area contributed by atoms with Gasteiger partial charge in [-0.3, -0.25) is 4.79 Å². The number of nitriles is 1. The number of benzene rings is 3. The van der Waals surface area contributed by atoms with Crippen LogP contribution in [-0.2, 0) is 4.79 Å². The number of rotatable bonds is 7. The average Bonchev–Trinajstić information content (AvgIpc) is 3.26. The summed E-state index contributed by atoms with van der Waals surface area (Å²) in [5, 5.41) is 21.8. The summed E-state index contributed by atoms with van der Waals surface area (Å²) < 4.78 is 0. The number of nitrogens with one attached hydrogen (secondary N) is 3. The molecule has 0 unspecified atom stereocenters. The number of para-hydroxylation sites is 1. The Morgan fingerprint density at radius 3 is 2.32 bits per heavy atom. The van der Waals surface area contributed by atoms with Crippen LogP contribution in [0.25, 0.3) is 11.1 Å². The molecule has 3 N–H and O–H groups in total. The normalized spacial score (nSPS) is 10.2. The van der Waals surface area contributed by atoms with Crippen molar-refractivity contribution in [2.75, 3.05) is 21.7 Å². The largest absolute Gasteiger partial charge is 0.332 e. The molecule has 0 aliphatic heterocycles. The van der Waals surface area contributed by atoms with Crippen LogP contribution < -0.4 is 16.0 Å². The fourth-order valence-electron chi connectivity index (χ4n) is 3.18. The van der Waals surface area contributed by atoms with Crippen LogP contribution in [0.2, 0.25) is 0 Å². The van der Waals surface area contributed by atoms with Crippen molar-refractivity contribution in [3.8, 4) is 17.2 Å². The van der Waals surface area contributed by atoms with Gasteiger partial charge in [0.05, 0.1) is 11.3 Å². The van der Waals surface area contributed by atoms with Gasteiger partial charge in [-0.15, -0.1) is 23.1 Å². The molecule has 1 amide bonds. The monoisotopic (exact) mass is 500 g/mol. The average molecular weight is 501 g/mol. The van der Waals surface area contributed by atoms with Gasteiger partial charge in [0.25, 0.3) is 0 Å². The summed E-state index contributed by atoms with van der Waals surface area (Å²) in [5.41, 5.74) is 4.00. The predicted molar refractivity (Wildman–Crippen MR) is 147 cm³/mol. The summed E-state index contributed by atoms with van der Waals surface area (Å²) in [6.07, 6.45) is 0. The molecule has 0 bridgehead atoms. The van der Waals surface area contributed by atoms with Crippen molar-refractivity contribution in [2.45, 2.75) is 4.90 Å². The number of hydrogen-bond donors (Lipinski definition) is 3. The lowest BCUT2D eigenvalue weighted by Crippen LogP contribution is -2.19. The molecule has 0 radical (unpaired) electrons. The minimum atomic E-state index is -0.164. The molecule has 5 nitrogen and oxygen atoms in total. The number of thiophene rings is 1. The molecule has 1 aromatic heterocycles. The second-order valence-corrected chi connectivity index (χ2v) is 9.48. The van der Waals surface area contributed by atoms with Gasteiger partial charge in [-0.25, -0.2) is 0 Å². The van der Waals surface area contributed by atoms with E-state index in [1.165, 1.54) is 23.1 Å². The maximum atomic E-state index is 12.6. The van der Waals surface area contributed by atoms with Crippen molar-refractivity contribution in [3.63, 3.8) is 0 Å². The summed E-state index contributed by atoms with van der Waals surface area (Å²) in [4.78, 5) is 13.5. The van der Waals surface area contributed by atoms with Crippen LogP contribution in [0, 0.1) is 11.3 Å². The smallest absolute Gasteiger partial charge is 0.235 e. The van der Waals surface area contributed by atoms with Crippen molar-refractivity contribution < 1.29 is 4.79 Å². The molecular formula is C26H20N4OS3. The molecular weight excluding hydrogens is 481 g/mol. The molecule has 4 rings (SSSR count). The zero-order valence-electron chi connectivity index (χ0n) is 17.9. The molecule has 1 heterocycles. The third kappa shape index (κ3) is 6.23. The number of thioether (sulfide) groups is 1. The highest BCUT2D eigenvalue weighted by Gasteiger charge is 2.15. The Morgan fingerprint density at radius 2 is 1.59 bits per heavy atom. The van der Waals surface area contributed by atoms with Crippen molar-refractivity contribution in [1.82, 2.24) is 0 Å². The van der Waals surface area contributed by atoms with Gasteiger partial charge in [-0.1, -0.05) is 54.6 Å². The van der Waals surface area contributed by atoms with E-state index in [0.717, 1.165) is 27.4 Å². The Labute approximate surface area is 211 Å². The zero-order chi connectivity index (χ0) is 23.8. The van der Waals surface area contributed by atoms with E-state index in [2.05, 4.69) is 22.0 Å². The molecule has 0 saturated heterocycles. The van der Waals surface area contributed by atoms with E-state index in [1.807, 2.05) is 90.3 Å². The van der Waals surface area contributed by atoms with Gasteiger partial charge in [-0.2, -0.15) is 5.26 Å². The summed E-state index contributed by atoms with van der Waals surface area (Å²) >= 11 is 8.16. The molecule has 0 fully saturated rings. The van der Waals surface area contributed by atoms with Crippen LogP contribution in [0.4, 0.5) is 16.4 Å².